The summed E-state index contributed by atoms with van der Waals surface area (Å²) in [6, 6.07) is 0. The monoisotopic (exact) mass is 228 g/mol. The van der Waals surface area contributed by atoms with Gasteiger partial charge in [-0.25, -0.2) is 0 Å². The van der Waals surface area contributed by atoms with Gasteiger partial charge in [-0.05, 0) is 13.8 Å². The van der Waals surface area contributed by atoms with Crippen molar-refractivity contribution in [2.75, 3.05) is 19.8 Å². The first kappa shape index (κ1) is 12.6. The van der Waals surface area contributed by atoms with Gasteiger partial charge in [-0.15, -0.1) is 0 Å². The maximum absolute atomic E-state index is 11.5. The quantitative estimate of drug-likeness (QED) is 0.638. The third kappa shape index (κ3) is 3.95. The first-order valence-electron chi connectivity index (χ1n) is 5.15. The van der Waals surface area contributed by atoms with E-state index in [1.807, 2.05) is 13.8 Å². The van der Waals surface area contributed by atoms with Gasteiger partial charge in [-0.3, -0.25) is 4.79 Å². The van der Waals surface area contributed by atoms with Crippen molar-refractivity contribution in [3.63, 3.8) is 0 Å². The molecule has 0 aromatic carbocycles. The van der Waals surface area contributed by atoms with E-state index in [4.69, 9.17) is 9.47 Å². The fourth-order valence-electron chi connectivity index (χ4n) is 1.12. The van der Waals surface area contributed by atoms with Crippen LogP contribution in [-0.4, -0.2) is 47.4 Å². The summed E-state index contributed by atoms with van der Waals surface area (Å²) in [7, 11) is 0. The molecule has 0 saturated carbocycles. The lowest BCUT2D eigenvalue weighted by molar-refractivity contribution is -0.131. The molecule has 0 aliphatic carbocycles. The van der Waals surface area contributed by atoms with E-state index in [-0.39, 0.29) is 18.1 Å². The minimum atomic E-state index is -0.425. The molecule has 0 radical (unpaired) electrons. The van der Waals surface area contributed by atoms with Crippen molar-refractivity contribution in [1.82, 2.24) is 20.7 Å². The summed E-state index contributed by atoms with van der Waals surface area (Å²) in [5.41, 5.74) is 0.242. The van der Waals surface area contributed by atoms with E-state index in [2.05, 4.69) is 20.7 Å². The highest BCUT2D eigenvalue weighted by Gasteiger charge is 2.12. The number of hydrogen-bond acceptors (Lipinski definition) is 5. The molecule has 1 aromatic heterocycles. The average molecular weight is 228 g/mol. The minimum Gasteiger partial charge on any atom is -0.351 e. The summed E-state index contributed by atoms with van der Waals surface area (Å²) in [5.74, 6) is -0.307. The topological polar surface area (TPSA) is 89.1 Å². The molecule has 1 rings (SSSR count). The smallest absolute Gasteiger partial charge is 0.273 e. The second-order valence-corrected chi connectivity index (χ2v) is 2.91. The second kappa shape index (κ2) is 6.91. The number of ether oxygens (including phenoxy) is 2. The van der Waals surface area contributed by atoms with Crippen molar-refractivity contribution in [1.29, 1.82) is 0 Å². The highest BCUT2D eigenvalue weighted by atomic mass is 16.7. The van der Waals surface area contributed by atoms with Gasteiger partial charge in [0.1, 0.15) is 0 Å². The number of amides is 1. The molecule has 16 heavy (non-hydrogen) atoms. The average Bonchev–Trinajstić information content (AvgIpc) is 2.79. The number of hydrogen-bond donors (Lipinski definition) is 2. The molecule has 0 spiro atoms. The van der Waals surface area contributed by atoms with Crippen molar-refractivity contribution in [3.8, 4) is 0 Å². The van der Waals surface area contributed by atoms with Gasteiger partial charge in [0.25, 0.3) is 5.91 Å². The van der Waals surface area contributed by atoms with Crippen molar-refractivity contribution >= 4 is 5.91 Å². The molecular weight excluding hydrogens is 212 g/mol. The summed E-state index contributed by atoms with van der Waals surface area (Å²) in [5, 5.41) is 12.2. The Kier molecular flexibility index (Phi) is 5.44. The Morgan fingerprint density at radius 3 is 2.69 bits per heavy atom. The van der Waals surface area contributed by atoms with Crippen LogP contribution in [0.1, 0.15) is 24.3 Å². The maximum atomic E-state index is 11.5. The number of aromatic nitrogens is 3. The van der Waals surface area contributed by atoms with Gasteiger partial charge < -0.3 is 14.8 Å². The van der Waals surface area contributed by atoms with Crippen LogP contribution in [0.5, 0.6) is 0 Å². The molecule has 0 aliphatic heterocycles. The van der Waals surface area contributed by atoms with Crippen LogP contribution in [0.3, 0.4) is 0 Å². The molecule has 2 N–H and O–H groups in total. The zero-order valence-electron chi connectivity index (χ0n) is 9.40. The van der Waals surface area contributed by atoms with Crippen molar-refractivity contribution in [3.05, 3.63) is 11.9 Å². The van der Waals surface area contributed by atoms with Crippen LogP contribution in [0.15, 0.2) is 6.20 Å². The second-order valence-electron chi connectivity index (χ2n) is 2.91. The number of carbonyl (C=O) groups excluding carboxylic acids is 1. The summed E-state index contributed by atoms with van der Waals surface area (Å²) in [6.45, 7) is 5.08. The molecule has 0 atom stereocenters. The van der Waals surface area contributed by atoms with Crippen LogP contribution in [0.4, 0.5) is 0 Å². The molecule has 7 heteroatoms. The molecule has 0 unspecified atom stereocenters. The fraction of sp³-hybridized carbons (Fsp3) is 0.667. The molecule has 7 nitrogen and oxygen atoms in total. The predicted molar refractivity (Wildman–Crippen MR) is 55.8 cm³/mol. The van der Waals surface area contributed by atoms with Gasteiger partial charge in [0.15, 0.2) is 12.0 Å². The number of H-pyrrole nitrogens is 1. The van der Waals surface area contributed by atoms with Gasteiger partial charge in [-0.2, -0.15) is 15.4 Å². The Hall–Kier alpha value is -1.47. The number of aromatic amines is 1. The largest absolute Gasteiger partial charge is 0.351 e. The standard InChI is InChI=1S/C9H16N4O3/c1-3-15-8(16-4-2)6-10-9(14)7-5-11-13-12-7/h5,8H,3-4,6H2,1-2H3,(H,10,14)(H,11,12,13). The molecule has 0 saturated heterocycles. The van der Waals surface area contributed by atoms with Gasteiger partial charge in [0, 0.05) is 13.2 Å². The van der Waals surface area contributed by atoms with Gasteiger partial charge >= 0.3 is 0 Å². The lowest BCUT2D eigenvalue weighted by atomic mass is 10.4. The Labute approximate surface area is 93.5 Å². The first-order valence-corrected chi connectivity index (χ1v) is 5.15. The number of rotatable bonds is 7. The normalized spacial score (nSPS) is 10.7. The predicted octanol–water partition coefficient (Wildman–Crippen LogP) is -0.0664. The van der Waals surface area contributed by atoms with Crippen LogP contribution in [0, 0.1) is 0 Å². The van der Waals surface area contributed by atoms with Crippen LogP contribution >= 0.6 is 0 Å². The lowest BCUT2D eigenvalue weighted by Crippen LogP contribution is -2.35. The Balaban J connectivity index is 2.34. The fourth-order valence-corrected chi connectivity index (χ4v) is 1.12. The SMILES string of the molecule is CCOC(CNC(=O)c1cn[nH]n1)OCC. The zero-order chi connectivity index (χ0) is 11.8. The maximum Gasteiger partial charge on any atom is 0.273 e. The van der Waals surface area contributed by atoms with Crippen LogP contribution in [-0.2, 0) is 9.47 Å². The Bertz CT molecular complexity index is 296. The number of nitrogens with zero attached hydrogens (tertiary/aromatic N) is 2. The lowest BCUT2D eigenvalue weighted by Gasteiger charge is -2.16. The van der Waals surface area contributed by atoms with Crippen molar-refractivity contribution in [2.45, 2.75) is 20.1 Å². The van der Waals surface area contributed by atoms with E-state index in [1.54, 1.807) is 0 Å². The Morgan fingerprint density at radius 2 is 2.19 bits per heavy atom. The third-order valence-corrected chi connectivity index (χ3v) is 1.78. The highest BCUT2D eigenvalue weighted by molar-refractivity contribution is 5.91. The van der Waals surface area contributed by atoms with Crippen molar-refractivity contribution < 1.29 is 14.3 Å². The van der Waals surface area contributed by atoms with Gasteiger partial charge in [-0.1, -0.05) is 0 Å². The van der Waals surface area contributed by atoms with E-state index in [9.17, 15) is 4.79 Å². The number of nitrogens with one attached hydrogen (secondary N) is 2. The van der Waals surface area contributed by atoms with E-state index < -0.39 is 6.29 Å². The summed E-state index contributed by atoms with van der Waals surface area (Å²) in [4.78, 5) is 11.5. The minimum absolute atomic E-state index is 0.242. The third-order valence-electron chi connectivity index (χ3n) is 1.78. The summed E-state index contributed by atoms with van der Waals surface area (Å²) in [6.07, 6.45) is 0.928. The van der Waals surface area contributed by atoms with Gasteiger partial charge in [0.05, 0.1) is 12.7 Å². The molecule has 90 valence electrons. The molecule has 1 aromatic rings. The molecular formula is C9H16N4O3. The molecule has 0 aliphatic rings. The van der Waals surface area contributed by atoms with E-state index in [0.29, 0.717) is 13.2 Å². The zero-order valence-corrected chi connectivity index (χ0v) is 9.40. The van der Waals surface area contributed by atoms with Crippen LogP contribution in [0.25, 0.3) is 0 Å². The summed E-state index contributed by atoms with van der Waals surface area (Å²) < 4.78 is 10.5. The number of carbonyl (C=O) groups is 1. The van der Waals surface area contributed by atoms with E-state index in [0.717, 1.165) is 0 Å². The molecule has 1 amide bonds. The van der Waals surface area contributed by atoms with Crippen molar-refractivity contribution in [2.24, 2.45) is 0 Å². The highest BCUT2D eigenvalue weighted by Crippen LogP contribution is 1.95. The van der Waals surface area contributed by atoms with Crippen LogP contribution in [0.2, 0.25) is 0 Å². The first-order chi connectivity index (χ1) is 7.77. The van der Waals surface area contributed by atoms with E-state index >= 15 is 0 Å². The molecule has 0 fully saturated rings. The van der Waals surface area contributed by atoms with E-state index in [1.165, 1.54) is 6.20 Å². The Morgan fingerprint density at radius 1 is 1.50 bits per heavy atom. The molecule has 1 heterocycles. The molecule has 0 bridgehead atoms. The van der Waals surface area contributed by atoms with Crippen LogP contribution < -0.4 is 5.32 Å². The van der Waals surface area contributed by atoms with Gasteiger partial charge in [0.2, 0.25) is 0 Å². The summed E-state index contributed by atoms with van der Waals surface area (Å²) >= 11 is 0.